The van der Waals surface area contributed by atoms with Gasteiger partial charge in [0.25, 0.3) is 0 Å². The van der Waals surface area contributed by atoms with Crippen molar-refractivity contribution in [2.24, 2.45) is 5.92 Å². The average Bonchev–Trinajstić information content (AvgIpc) is 3.20. The van der Waals surface area contributed by atoms with Crippen LogP contribution in [0.15, 0.2) is 30.3 Å². The second-order valence-electron chi connectivity index (χ2n) is 6.54. The molecule has 1 aliphatic carbocycles. The summed E-state index contributed by atoms with van der Waals surface area (Å²) >= 11 is 0. The number of halogens is 1. The fourth-order valence-corrected chi connectivity index (χ4v) is 2.90. The van der Waals surface area contributed by atoms with E-state index in [0.29, 0.717) is 17.4 Å². The maximum absolute atomic E-state index is 14.2. The summed E-state index contributed by atoms with van der Waals surface area (Å²) in [6.45, 7) is 8.48. The lowest BCUT2D eigenvalue weighted by Crippen LogP contribution is -1.90. The second-order valence-corrected chi connectivity index (χ2v) is 6.54. The van der Waals surface area contributed by atoms with Crippen molar-refractivity contribution in [2.75, 3.05) is 0 Å². The van der Waals surface area contributed by atoms with Crippen LogP contribution < -0.4 is 0 Å². The van der Waals surface area contributed by atoms with Gasteiger partial charge in [0.2, 0.25) is 0 Å². The summed E-state index contributed by atoms with van der Waals surface area (Å²) in [5.41, 5.74) is 6.27. The third-order valence-electron chi connectivity index (χ3n) is 4.80. The smallest absolute Gasteiger partial charge is 0.139 e. The van der Waals surface area contributed by atoms with Crippen LogP contribution in [-0.4, -0.2) is 0 Å². The molecule has 0 spiro atoms. The Morgan fingerprint density at radius 1 is 1.00 bits per heavy atom. The molecule has 0 N–H and O–H groups in total. The Balaban J connectivity index is 1.88. The molecule has 0 radical (unpaired) electrons. The van der Waals surface area contributed by atoms with Gasteiger partial charge in [-0.2, -0.15) is 0 Å². The maximum atomic E-state index is 14.2. The van der Waals surface area contributed by atoms with E-state index >= 15 is 0 Å². The molecule has 0 aliphatic heterocycles. The average molecular weight is 292 g/mol. The highest BCUT2D eigenvalue weighted by Gasteiger charge is 2.34. The van der Waals surface area contributed by atoms with Crippen LogP contribution in [0.3, 0.4) is 0 Å². The molecule has 3 rings (SSSR count). The first-order valence-corrected chi connectivity index (χ1v) is 7.85. The Morgan fingerprint density at radius 3 is 2.18 bits per heavy atom. The van der Waals surface area contributed by atoms with Gasteiger partial charge in [-0.1, -0.05) is 24.8 Å². The van der Waals surface area contributed by atoms with E-state index in [1.54, 1.807) is 6.07 Å². The minimum atomic E-state index is -0.204. The molecule has 112 valence electrons. The first-order chi connectivity index (χ1) is 10.5. The molecular formula is C21H21F. The first-order valence-electron chi connectivity index (χ1n) is 7.85. The van der Waals surface area contributed by atoms with E-state index in [9.17, 15) is 4.39 Å². The topological polar surface area (TPSA) is 0 Å². The van der Waals surface area contributed by atoms with E-state index in [0.717, 1.165) is 11.1 Å². The van der Waals surface area contributed by atoms with E-state index in [1.807, 2.05) is 12.1 Å². The molecule has 1 fully saturated rings. The van der Waals surface area contributed by atoms with Gasteiger partial charge in [-0.05, 0) is 85.5 Å². The van der Waals surface area contributed by atoms with Gasteiger partial charge in [-0.15, -0.1) is 0 Å². The molecule has 2 unspecified atom stereocenters. The molecule has 2 aromatic rings. The Kier molecular flexibility index (Phi) is 3.79. The van der Waals surface area contributed by atoms with E-state index in [-0.39, 0.29) is 5.82 Å². The van der Waals surface area contributed by atoms with Crippen LogP contribution in [0.4, 0.5) is 4.39 Å². The lowest BCUT2D eigenvalue weighted by Gasteiger charge is -2.05. The fourth-order valence-electron chi connectivity index (χ4n) is 2.90. The monoisotopic (exact) mass is 292 g/mol. The van der Waals surface area contributed by atoms with E-state index in [4.69, 9.17) is 0 Å². The van der Waals surface area contributed by atoms with Gasteiger partial charge in [0.1, 0.15) is 5.82 Å². The van der Waals surface area contributed by atoms with Gasteiger partial charge in [0, 0.05) is 5.56 Å². The first kappa shape index (κ1) is 14.9. The summed E-state index contributed by atoms with van der Waals surface area (Å²) in [6, 6.07) is 9.62. The van der Waals surface area contributed by atoms with Crippen molar-refractivity contribution in [1.82, 2.24) is 0 Å². The molecule has 2 aromatic carbocycles. The van der Waals surface area contributed by atoms with Crippen LogP contribution in [0.2, 0.25) is 0 Å². The molecule has 2 atom stereocenters. The highest BCUT2D eigenvalue weighted by atomic mass is 19.1. The molecule has 0 bridgehead atoms. The number of rotatable bonds is 1. The Bertz CT molecular complexity index is 766. The SMILES string of the molecule is Cc1cc(C#Cc2ccc(C3CC3C)cc2F)cc(C)c1C. The molecule has 0 saturated heterocycles. The highest BCUT2D eigenvalue weighted by molar-refractivity contribution is 5.48. The zero-order chi connectivity index (χ0) is 15.9. The van der Waals surface area contributed by atoms with Crippen LogP contribution in [0.1, 0.15) is 52.6 Å². The van der Waals surface area contributed by atoms with Crippen molar-refractivity contribution >= 4 is 0 Å². The number of hydrogen-bond acceptors (Lipinski definition) is 0. The zero-order valence-corrected chi connectivity index (χ0v) is 13.6. The number of hydrogen-bond donors (Lipinski definition) is 0. The molecule has 1 aliphatic rings. The van der Waals surface area contributed by atoms with Gasteiger partial charge in [-0.25, -0.2) is 4.39 Å². The van der Waals surface area contributed by atoms with Gasteiger partial charge in [0.05, 0.1) is 5.56 Å². The normalized spacial score (nSPS) is 19.5. The van der Waals surface area contributed by atoms with E-state index in [1.165, 1.54) is 23.1 Å². The molecule has 1 saturated carbocycles. The summed E-state index contributed by atoms with van der Waals surface area (Å²) < 4.78 is 14.2. The number of benzene rings is 2. The predicted octanol–water partition coefficient (Wildman–Crippen LogP) is 5.27. The van der Waals surface area contributed by atoms with Crippen LogP contribution in [-0.2, 0) is 0 Å². The zero-order valence-electron chi connectivity index (χ0n) is 13.6. The van der Waals surface area contributed by atoms with Gasteiger partial charge in [-0.3, -0.25) is 0 Å². The Hall–Kier alpha value is -2.07. The quantitative estimate of drug-likeness (QED) is 0.628. The Morgan fingerprint density at radius 2 is 1.64 bits per heavy atom. The summed E-state index contributed by atoms with van der Waals surface area (Å²) in [5.74, 6) is 7.10. The van der Waals surface area contributed by atoms with E-state index in [2.05, 4.69) is 51.7 Å². The lowest BCUT2D eigenvalue weighted by atomic mass is 10.0. The molecular weight excluding hydrogens is 271 g/mol. The fraction of sp³-hybridized carbons (Fsp3) is 0.333. The summed E-state index contributed by atoms with van der Waals surface area (Å²) in [6.07, 6.45) is 1.17. The Labute approximate surface area is 132 Å². The number of aryl methyl sites for hydroxylation is 2. The highest BCUT2D eigenvalue weighted by Crippen LogP contribution is 2.47. The van der Waals surface area contributed by atoms with Crippen LogP contribution in [0.5, 0.6) is 0 Å². The molecule has 1 heteroatoms. The minimum absolute atomic E-state index is 0.204. The summed E-state index contributed by atoms with van der Waals surface area (Å²) in [7, 11) is 0. The van der Waals surface area contributed by atoms with Crippen molar-refractivity contribution in [3.63, 3.8) is 0 Å². The minimum Gasteiger partial charge on any atom is -0.206 e. The van der Waals surface area contributed by atoms with Crippen molar-refractivity contribution in [2.45, 2.75) is 40.0 Å². The molecule has 0 heterocycles. The summed E-state index contributed by atoms with van der Waals surface area (Å²) in [4.78, 5) is 0. The van der Waals surface area contributed by atoms with Crippen molar-refractivity contribution in [1.29, 1.82) is 0 Å². The molecule has 22 heavy (non-hydrogen) atoms. The van der Waals surface area contributed by atoms with Gasteiger partial charge in [0.15, 0.2) is 0 Å². The third-order valence-corrected chi connectivity index (χ3v) is 4.80. The van der Waals surface area contributed by atoms with E-state index < -0.39 is 0 Å². The standard InChI is InChI=1S/C21H21F/c1-13-9-17(10-14(2)16(13)4)5-6-18-7-8-19(12-21(18)22)20-11-15(20)3/h7-10,12,15,20H,11H2,1-4H3. The van der Waals surface area contributed by atoms with Crippen LogP contribution >= 0.6 is 0 Å². The maximum Gasteiger partial charge on any atom is 0.139 e. The molecule has 0 nitrogen and oxygen atoms in total. The third kappa shape index (κ3) is 2.92. The summed E-state index contributed by atoms with van der Waals surface area (Å²) in [5, 5.41) is 0. The largest absolute Gasteiger partial charge is 0.206 e. The van der Waals surface area contributed by atoms with Crippen LogP contribution in [0, 0.1) is 44.3 Å². The van der Waals surface area contributed by atoms with Crippen molar-refractivity contribution in [3.8, 4) is 11.8 Å². The van der Waals surface area contributed by atoms with Crippen molar-refractivity contribution < 1.29 is 4.39 Å². The molecule has 0 aromatic heterocycles. The lowest BCUT2D eigenvalue weighted by molar-refractivity contribution is 0.621. The molecule has 0 amide bonds. The van der Waals surface area contributed by atoms with Crippen LogP contribution in [0.25, 0.3) is 0 Å². The van der Waals surface area contributed by atoms with Gasteiger partial charge >= 0.3 is 0 Å². The van der Waals surface area contributed by atoms with Gasteiger partial charge < -0.3 is 0 Å². The second kappa shape index (κ2) is 5.61. The van der Waals surface area contributed by atoms with Crippen molar-refractivity contribution in [3.05, 3.63) is 69.5 Å². The predicted molar refractivity (Wildman–Crippen MR) is 89.6 cm³/mol.